The van der Waals surface area contributed by atoms with Gasteiger partial charge in [-0.1, -0.05) is 18.2 Å². The molecular weight excluding hydrogens is 372 g/mol. The second kappa shape index (κ2) is 8.31. The van der Waals surface area contributed by atoms with Crippen LogP contribution in [0.1, 0.15) is 10.4 Å². The molecule has 28 heavy (non-hydrogen) atoms. The van der Waals surface area contributed by atoms with Crippen LogP contribution in [0, 0.1) is 0 Å². The zero-order valence-electron chi connectivity index (χ0n) is 15.7. The van der Waals surface area contributed by atoms with Crippen LogP contribution >= 0.6 is 11.3 Å². The zero-order chi connectivity index (χ0) is 19.3. The minimum absolute atomic E-state index is 0.0578. The van der Waals surface area contributed by atoms with E-state index in [-0.39, 0.29) is 5.91 Å². The smallest absolute Gasteiger partial charge is 0.254 e. The Bertz CT molecular complexity index is 937. The van der Waals surface area contributed by atoms with Crippen LogP contribution in [-0.2, 0) is 0 Å². The molecule has 144 valence electrons. The number of piperazine rings is 1. The van der Waals surface area contributed by atoms with E-state index in [1.54, 1.807) is 13.3 Å². The molecule has 0 saturated carbocycles. The third-order valence-electron chi connectivity index (χ3n) is 4.79. The van der Waals surface area contributed by atoms with Crippen LogP contribution in [0.15, 0.2) is 60.1 Å². The molecule has 7 heteroatoms. The van der Waals surface area contributed by atoms with Gasteiger partial charge in [-0.15, -0.1) is 11.3 Å². The lowest BCUT2D eigenvalue weighted by Crippen LogP contribution is -2.48. The van der Waals surface area contributed by atoms with Crippen molar-refractivity contribution in [3.05, 3.63) is 65.7 Å². The van der Waals surface area contributed by atoms with E-state index in [9.17, 15) is 4.79 Å². The number of nitrogens with zero attached hydrogens (tertiary/aromatic N) is 3. The van der Waals surface area contributed by atoms with E-state index in [4.69, 9.17) is 4.74 Å². The fourth-order valence-electron chi connectivity index (χ4n) is 3.36. The number of thiazole rings is 1. The van der Waals surface area contributed by atoms with Gasteiger partial charge in [0.15, 0.2) is 5.13 Å². The van der Waals surface area contributed by atoms with E-state index in [0.29, 0.717) is 18.7 Å². The highest BCUT2D eigenvalue weighted by atomic mass is 32.1. The number of nitrogens with one attached hydrogen (secondary N) is 1. The van der Waals surface area contributed by atoms with E-state index >= 15 is 0 Å². The molecule has 1 N–H and O–H groups in total. The summed E-state index contributed by atoms with van der Waals surface area (Å²) in [4.78, 5) is 21.4. The summed E-state index contributed by atoms with van der Waals surface area (Å²) in [6, 6.07) is 15.6. The third-order valence-corrected chi connectivity index (χ3v) is 5.47. The molecule has 6 nitrogen and oxygen atoms in total. The normalized spacial score (nSPS) is 14.0. The average Bonchev–Trinajstić information content (AvgIpc) is 3.26. The number of hydrogen-bond acceptors (Lipinski definition) is 6. The minimum atomic E-state index is 0.0578. The first-order chi connectivity index (χ1) is 13.7. The Morgan fingerprint density at radius 1 is 1.11 bits per heavy atom. The van der Waals surface area contributed by atoms with Gasteiger partial charge >= 0.3 is 0 Å². The molecule has 1 fully saturated rings. The average molecular weight is 395 g/mol. The second-order valence-corrected chi connectivity index (χ2v) is 7.39. The summed E-state index contributed by atoms with van der Waals surface area (Å²) in [5, 5.41) is 5.97. The number of carbonyl (C=O) groups is 1. The number of carbonyl (C=O) groups excluding carboxylic acids is 1. The molecule has 2 heterocycles. The molecule has 0 bridgehead atoms. The van der Waals surface area contributed by atoms with E-state index in [1.165, 1.54) is 11.3 Å². The van der Waals surface area contributed by atoms with Crippen molar-refractivity contribution in [3.63, 3.8) is 0 Å². The van der Waals surface area contributed by atoms with Gasteiger partial charge in [0.1, 0.15) is 5.75 Å². The maximum Gasteiger partial charge on any atom is 0.254 e. The van der Waals surface area contributed by atoms with Crippen LogP contribution in [0.4, 0.5) is 16.5 Å². The van der Waals surface area contributed by atoms with Crippen LogP contribution in [0.25, 0.3) is 0 Å². The molecule has 3 aromatic rings. The summed E-state index contributed by atoms with van der Waals surface area (Å²) in [5.41, 5.74) is 2.63. The van der Waals surface area contributed by atoms with Gasteiger partial charge < -0.3 is 19.9 Å². The molecule has 0 radical (unpaired) electrons. The number of ether oxygens (including phenoxy) is 1. The largest absolute Gasteiger partial charge is 0.495 e. The lowest BCUT2D eigenvalue weighted by atomic mass is 10.1. The number of para-hydroxylation sites is 2. The first-order valence-electron chi connectivity index (χ1n) is 9.18. The number of aromatic nitrogens is 1. The summed E-state index contributed by atoms with van der Waals surface area (Å²) >= 11 is 1.53. The van der Waals surface area contributed by atoms with Gasteiger partial charge in [-0.25, -0.2) is 4.98 Å². The second-order valence-electron chi connectivity index (χ2n) is 6.49. The molecule has 4 rings (SSSR count). The molecule has 0 aliphatic carbocycles. The predicted octanol–water partition coefficient (Wildman–Crippen LogP) is 3.86. The lowest BCUT2D eigenvalue weighted by molar-refractivity contribution is 0.0746. The maximum absolute atomic E-state index is 13.0. The van der Waals surface area contributed by atoms with Crippen molar-refractivity contribution in [2.45, 2.75) is 0 Å². The van der Waals surface area contributed by atoms with Crippen molar-refractivity contribution in [1.29, 1.82) is 0 Å². The molecular formula is C21H22N4O2S. The summed E-state index contributed by atoms with van der Waals surface area (Å²) in [6.45, 7) is 2.92. The van der Waals surface area contributed by atoms with E-state index in [2.05, 4.69) is 21.3 Å². The Balaban J connectivity index is 1.41. The molecule has 2 aromatic carbocycles. The van der Waals surface area contributed by atoms with Gasteiger partial charge in [0.05, 0.1) is 12.8 Å². The van der Waals surface area contributed by atoms with Crippen molar-refractivity contribution >= 4 is 33.8 Å². The quantitative estimate of drug-likeness (QED) is 0.712. The topological polar surface area (TPSA) is 57.7 Å². The van der Waals surface area contributed by atoms with Gasteiger partial charge in [0, 0.05) is 49.0 Å². The molecule has 0 spiro atoms. The summed E-state index contributed by atoms with van der Waals surface area (Å²) < 4.78 is 5.46. The molecule has 1 saturated heterocycles. The highest BCUT2D eigenvalue weighted by Gasteiger charge is 2.23. The minimum Gasteiger partial charge on any atom is -0.495 e. The summed E-state index contributed by atoms with van der Waals surface area (Å²) in [7, 11) is 1.69. The van der Waals surface area contributed by atoms with Crippen molar-refractivity contribution in [2.24, 2.45) is 0 Å². The van der Waals surface area contributed by atoms with Gasteiger partial charge in [-0.3, -0.25) is 4.79 Å². The Labute approximate surface area is 168 Å². The number of benzene rings is 2. The Morgan fingerprint density at radius 2 is 1.93 bits per heavy atom. The van der Waals surface area contributed by atoms with Crippen LogP contribution in [-0.4, -0.2) is 49.1 Å². The van der Waals surface area contributed by atoms with E-state index in [1.807, 2.05) is 52.7 Å². The van der Waals surface area contributed by atoms with Gasteiger partial charge in [-0.2, -0.15) is 0 Å². The van der Waals surface area contributed by atoms with E-state index in [0.717, 1.165) is 35.3 Å². The first-order valence-corrected chi connectivity index (χ1v) is 10.1. The Morgan fingerprint density at radius 3 is 2.68 bits per heavy atom. The SMILES string of the molecule is COc1ccccc1N1CCN(C(=O)c2cccc(Nc3nccs3)c2)CC1. The first kappa shape index (κ1) is 18.3. The molecule has 1 aliphatic rings. The molecule has 1 aromatic heterocycles. The fraction of sp³-hybridized carbons (Fsp3) is 0.238. The van der Waals surface area contributed by atoms with Crippen molar-refractivity contribution in [3.8, 4) is 5.75 Å². The Hall–Kier alpha value is -3.06. The van der Waals surface area contributed by atoms with Crippen molar-refractivity contribution in [2.75, 3.05) is 43.5 Å². The number of methoxy groups -OCH3 is 1. The van der Waals surface area contributed by atoms with Crippen LogP contribution in [0.2, 0.25) is 0 Å². The Kier molecular flexibility index (Phi) is 5.43. The zero-order valence-corrected chi connectivity index (χ0v) is 16.5. The maximum atomic E-state index is 13.0. The van der Waals surface area contributed by atoms with Crippen molar-refractivity contribution in [1.82, 2.24) is 9.88 Å². The molecule has 1 amide bonds. The summed E-state index contributed by atoms with van der Waals surface area (Å²) in [6.07, 6.45) is 1.75. The summed E-state index contributed by atoms with van der Waals surface area (Å²) in [5.74, 6) is 0.922. The number of rotatable bonds is 5. The standard InChI is InChI=1S/C21H22N4O2S/c1-27-19-8-3-2-7-18(19)24-10-12-25(13-11-24)20(26)16-5-4-6-17(15-16)23-21-22-9-14-28-21/h2-9,14-15H,10-13H2,1H3,(H,22,23). The van der Waals surface area contributed by atoms with Gasteiger partial charge in [0.2, 0.25) is 0 Å². The molecule has 0 atom stereocenters. The fourth-order valence-corrected chi connectivity index (χ4v) is 3.91. The number of amides is 1. The predicted molar refractivity (Wildman–Crippen MR) is 113 cm³/mol. The van der Waals surface area contributed by atoms with Crippen molar-refractivity contribution < 1.29 is 9.53 Å². The van der Waals surface area contributed by atoms with E-state index < -0.39 is 0 Å². The highest BCUT2D eigenvalue weighted by molar-refractivity contribution is 7.13. The third kappa shape index (κ3) is 3.94. The monoisotopic (exact) mass is 394 g/mol. The van der Waals surface area contributed by atoms with Gasteiger partial charge in [-0.05, 0) is 30.3 Å². The lowest BCUT2D eigenvalue weighted by Gasteiger charge is -2.36. The number of hydrogen-bond donors (Lipinski definition) is 1. The van der Waals surface area contributed by atoms with Crippen LogP contribution in [0.3, 0.4) is 0 Å². The molecule has 0 unspecified atom stereocenters. The van der Waals surface area contributed by atoms with Crippen LogP contribution < -0.4 is 15.0 Å². The van der Waals surface area contributed by atoms with Crippen LogP contribution in [0.5, 0.6) is 5.75 Å². The van der Waals surface area contributed by atoms with Gasteiger partial charge in [0.25, 0.3) is 5.91 Å². The highest BCUT2D eigenvalue weighted by Crippen LogP contribution is 2.28. The number of anilines is 3. The molecule has 1 aliphatic heterocycles.